The van der Waals surface area contributed by atoms with Crippen LogP contribution in [0.25, 0.3) is 0 Å². The highest BCUT2D eigenvalue weighted by molar-refractivity contribution is 5.89. The van der Waals surface area contributed by atoms with Gasteiger partial charge in [-0.1, -0.05) is 13.8 Å². The van der Waals surface area contributed by atoms with E-state index in [2.05, 4.69) is 15.4 Å². The first-order chi connectivity index (χ1) is 12.7. The molecule has 0 bridgehead atoms. The van der Waals surface area contributed by atoms with Gasteiger partial charge in [-0.15, -0.1) is 0 Å². The lowest BCUT2D eigenvalue weighted by Crippen LogP contribution is -2.53. The number of carbonyl (C=O) groups is 4. The van der Waals surface area contributed by atoms with Crippen LogP contribution in [0.5, 0.6) is 0 Å². The number of hydrogen-bond acceptors (Lipinski definition) is 6. The highest BCUT2D eigenvalue weighted by Gasteiger charge is 2.38. The Kier molecular flexibility index (Phi) is 8.99. The normalized spacial score (nSPS) is 22.6. The number of ether oxygens (including phenoxy) is 1. The summed E-state index contributed by atoms with van der Waals surface area (Å²) in [7, 11) is 1.22. The quantitative estimate of drug-likeness (QED) is 0.526. The third kappa shape index (κ3) is 6.70. The molecule has 0 saturated carbocycles. The number of rotatable bonds is 5. The first-order valence-electron chi connectivity index (χ1n) is 9.03. The number of carbonyl (C=O) groups excluding carboxylic acids is 2. The van der Waals surface area contributed by atoms with Crippen LogP contribution >= 0.6 is 0 Å². The van der Waals surface area contributed by atoms with Crippen LogP contribution in [0.2, 0.25) is 0 Å². The number of nitrogens with one attached hydrogen (secondary N) is 2. The largest absolute Gasteiger partial charge is 0.480 e. The Morgan fingerprint density at radius 1 is 1.11 bits per heavy atom. The van der Waals surface area contributed by atoms with E-state index in [0.29, 0.717) is 19.4 Å². The van der Waals surface area contributed by atoms with Gasteiger partial charge in [0.05, 0.1) is 7.11 Å². The Bertz CT molecular complexity index is 547. The number of carboxylic acid groups (broad SMARTS) is 2. The molecular weight excluding hydrogens is 358 g/mol. The van der Waals surface area contributed by atoms with Crippen molar-refractivity contribution in [1.82, 2.24) is 15.5 Å². The van der Waals surface area contributed by atoms with Gasteiger partial charge in [0.15, 0.2) is 0 Å². The molecule has 2 saturated heterocycles. The summed E-state index contributed by atoms with van der Waals surface area (Å²) in [5, 5.41) is 22.7. The Balaban J connectivity index is 0.000000377. The molecule has 0 radical (unpaired) electrons. The Labute approximate surface area is 158 Å². The molecule has 2 rings (SSSR count). The van der Waals surface area contributed by atoms with Gasteiger partial charge in [-0.25, -0.2) is 9.59 Å². The number of likely N-dealkylation sites (tertiary alicyclic amines) is 1. The van der Waals surface area contributed by atoms with E-state index in [1.54, 1.807) is 13.8 Å². The van der Waals surface area contributed by atoms with Gasteiger partial charge in [-0.3, -0.25) is 9.59 Å². The predicted molar refractivity (Wildman–Crippen MR) is 95.2 cm³/mol. The van der Waals surface area contributed by atoms with Gasteiger partial charge < -0.3 is 30.5 Å². The maximum Gasteiger partial charge on any atom is 0.407 e. The maximum atomic E-state index is 12.3. The second-order valence-corrected chi connectivity index (χ2v) is 6.87. The number of amides is 2. The van der Waals surface area contributed by atoms with E-state index in [4.69, 9.17) is 10.2 Å². The van der Waals surface area contributed by atoms with Gasteiger partial charge in [0, 0.05) is 6.54 Å². The summed E-state index contributed by atoms with van der Waals surface area (Å²) in [6, 6.07) is -1.84. The molecule has 4 N–H and O–H groups in total. The summed E-state index contributed by atoms with van der Waals surface area (Å²) in [5.74, 6) is -2.25. The Morgan fingerprint density at radius 2 is 1.78 bits per heavy atom. The van der Waals surface area contributed by atoms with Crippen LogP contribution in [0.1, 0.15) is 39.5 Å². The van der Waals surface area contributed by atoms with Crippen molar-refractivity contribution in [2.75, 3.05) is 20.2 Å². The van der Waals surface area contributed by atoms with Crippen molar-refractivity contribution in [2.24, 2.45) is 5.92 Å². The average molecular weight is 387 g/mol. The van der Waals surface area contributed by atoms with Crippen molar-refractivity contribution >= 4 is 23.9 Å². The summed E-state index contributed by atoms with van der Waals surface area (Å²) < 4.78 is 4.48. The fourth-order valence-corrected chi connectivity index (χ4v) is 3.06. The first-order valence-corrected chi connectivity index (χ1v) is 9.03. The second kappa shape index (κ2) is 10.7. The number of hydrogen-bond donors (Lipinski definition) is 4. The minimum atomic E-state index is -1.01. The van der Waals surface area contributed by atoms with Crippen LogP contribution in [0.3, 0.4) is 0 Å². The molecule has 2 amide bonds. The van der Waals surface area contributed by atoms with Crippen LogP contribution in [-0.2, 0) is 19.1 Å². The highest BCUT2D eigenvalue weighted by atomic mass is 16.5. The smallest absolute Gasteiger partial charge is 0.407 e. The fraction of sp³-hybridized carbons (Fsp3) is 0.765. The molecule has 0 aromatic heterocycles. The minimum Gasteiger partial charge on any atom is -0.480 e. The molecule has 10 heteroatoms. The van der Waals surface area contributed by atoms with Gasteiger partial charge in [-0.05, 0) is 38.1 Å². The molecule has 0 unspecified atom stereocenters. The summed E-state index contributed by atoms with van der Waals surface area (Å²) in [5.41, 5.74) is 0. The third-order valence-electron chi connectivity index (χ3n) is 4.57. The molecule has 2 fully saturated rings. The van der Waals surface area contributed by atoms with Gasteiger partial charge in [0.1, 0.15) is 18.1 Å². The van der Waals surface area contributed by atoms with Crippen LogP contribution in [0.4, 0.5) is 4.79 Å². The van der Waals surface area contributed by atoms with Crippen molar-refractivity contribution in [3.63, 3.8) is 0 Å². The number of nitrogens with zero attached hydrogens (tertiary/aromatic N) is 1. The van der Waals surface area contributed by atoms with Crippen LogP contribution in [0, 0.1) is 5.92 Å². The molecule has 10 nitrogen and oxygen atoms in total. The van der Waals surface area contributed by atoms with Crippen molar-refractivity contribution in [1.29, 1.82) is 0 Å². The molecule has 2 heterocycles. The minimum absolute atomic E-state index is 0.151. The zero-order chi connectivity index (χ0) is 20.6. The molecule has 2 aliphatic rings. The molecular formula is C17H29N3O7. The third-order valence-corrected chi connectivity index (χ3v) is 4.57. The lowest BCUT2D eigenvalue weighted by Gasteiger charge is -2.28. The lowest BCUT2D eigenvalue weighted by molar-refractivity contribution is -0.149. The lowest BCUT2D eigenvalue weighted by atomic mass is 10.0. The fourth-order valence-electron chi connectivity index (χ4n) is 3.06. The monoisotopic (exact) mass is 387 g/mol. The van der Waals surface area contributed by atoms with Gasteiger partial charge >= 0.3 is 18.0 Å². The van der Waals surface area contributed by atoms with E-state index >= 15 is 0 Å². The molecule has 3 atom stereocenters. The molecule has 2 aliphatic heterocycles. The van der Waals surface area contributed by atoms with Crippen LogP contribution < -0.4 is 10.6 Å². The molecule has 154 valence electrons. The van der Waals surface area contributed by atoms with E-state index in [-0.39, 0.29) is 17.9 Å². The molecule has 0 aliphatic carbocycles. The number of methoxy groups -OCH3 is 1. The van der Waals surface area contributed by atoms with Gasteiger partial charge in [0.2, 0.25) is 5.91 Å². The van der Waals surface area contributed by atoms with Gasteiger partial charge in [0.25, 0.3) is 0 Å². The van der Waals surface area contributed by atoms with Gasteiger partial charge in [-0.2, -0.15) is 0 Å². The average Bonchev–Trinajstić information content (AvgIpc) is 3.30. The molecule has 0 spiro atoms. The Hall–Kier alpha value is -2.36. The second-order valence-electron chi connectivity index (χ2n) is 6.87. The van der Waals surface area contributed by atoms with Crippen molar-refractivity contribution in [2.45, 2.75) is 57.7 Å². The number of carboxylic acids is 2. The SMILES string of the molecule is COC(=O)N[C@H](C(=O)N1CCC[C@H]1C(=O)O)C(C)C.O=C(O)[C@@H]1CCCN1. The maximum absolute atomic E-state index is 12.3. The topological polar surface area (TPSA) is 145 Å². The summed E-state index contributed by atoms with van der Waals surface area (Å²) >= 11 is 0. The zero-order valence-corrected chi connectivity index (χ0v) is 15.9. The van der Waals surface area contributed by atoms with E-state index in [0.717, 1.165) is 19.4 Å². The molecule has 0 aromatic rings. The van der Waals surface area contributed by atoms with Crippen molar-refractivity contribution in [3.05, 3.63) is 0 Å². The molecule has 0 aromatic carbocycles. The van der Waals surface area contributed by atoms with Crippen molar-refractivity contribution < 1.29 is 34.1 Å². The predicted octanol–water partition coefficient (Wildman–Crippen LogP) is 0.266. The zero-order valence-electron chi connectivity index (χ0n) is 15.9. The van der Waals surface area contributed by atoms with E-state index in [1.165, 1.54) is 12.0 Å². The van der Waals surface area contributed by atoms with Crippen molar-refractivity contribution in [3.8, 4) is 0 Å². The summed E-state index contributed by atoms with van der Waals surface area (Å²) in [6.45, 7) is 4.83. The van der Waals surface area contributed by atoms with E-state index in [1.807, 2.05) is 0 Å². The highest BCUT2D eigenvalue weighted by Crippen LogP contribution is 2.20. The number of aliphatic carboxylic acids is 2. The van der Waals surface area contributed by atoms with E-state index in [9.17, 15) is 19.2 Å². The van der Waals surface area contributed by atoms with Crippen LogP contribution in [0.15, 0.2) is 0 Å². The number of alkyl carbamates (subject to hydrolysis) is 1. The van der Waals surface area contributed by atoms with Crippen LogP contribution in [-0.4, -0.2) is 77.4 Å². The Morgan fingerprint density at radius 3 is 2.19 bits per heavy atom. The van der Waals surface area contributed by atoms with E-state index < -0.39 is 30.1 Å². The summed E-state index contributed by atoms with van der Waals surface area (Å²) in [4.78, 5) is 46.1. The standard InChI is InChI=1S/C12H20N2O5.C5H9NO2/c1-7(2)9(13-12(18)19-3)10(15)14-6-4-5-8(14)11(16)17;7-5(8)4-2-1-3-6-4/h7-9H,4-6H2,1-3H3,(H,13,18)(H,16,17);4,6H,1-3H2,(H,7,8)/t8-,9-;4-/m00/s1. The summed E-state index contributed by atoms with van der Waals surface area (Å²) in [6.07, 6.45) is 2.19. The first kappa shape index (κ1) is 22.7. The molecule has 27 heavy (non-hydrogen) atoms.